The van der Waals surface area contributed by atoms with Gasteiger partial charge in [-0.3, -0.25) is 4.79 Å². The molecule has 0 aliphatic heterocycles. The summed E-state index contributed by atoms with van der Waals surface area (Å²) in [6.07, 6.45) is 5.27. The van der Waals surface area contributed by atoms with Crippen LogP contribution in [0.3, 0.4) is 0 Å². The van der Waals surface area contributed by atoms with Crippen molar-refractivity contribution >= 4 is 11.6 Å². The lowest BCUT2D eigenvalue weighted by molar-refractivity contribution is -0.121. The van der Waals surface area contributed by atoms with E-state index in [0.29, 0.717) is 0 Å². The molecule has 100 valence electrons. The number of ether oxygens (including phenoxy) is 1. The standard InChI is InChI=1S/C16H19NO2/c18-16(17-14-9-5-4-6-10-14)13-19-15-11-7-2-1-3-8-12-15/h4-6,9-10,15H,1-3,7,11,13H2,(H,17,18). The maximum Gasteiger partial charge on any atom is 0.250 e. The molecule has 1 N–H and O–H groups in total. The minimum Gasteiger partial charge on any atom is -0.356 e. The van der Waals surface area contributed by atoms with E-state index >= 15 is 0 Å². The Morgan fingerprint density at radius 1 is 1.26 bits per heavy atom. The molecule has 3 heteroatoms. The number of benzene rings is 1. The first kappa shape index (κ1) is 13.6. The predicted octanol–water partition coefficient (Wildman–Crippen LogP) is 2.98. The first-order valence-electron chi connectivity index (χ1n) is 6.79. The number of para-hydroxylation sites is 1. The Morgan fingerprint density at radius 3 is 2.95 bits per heavy atom. The van der Waals surface area contributed by atoms with Gasteiger partial charge in [-0.05, 0) is 31.4 Å². The van der Waals surface area contributed by atoms with Crippen molar-refractivity contribution in [3.8, 4) is 11.8 Å². The van der Waals surface area contributed by atoms with Crippen LogP contribution in [-0.2, 0) is 9.53 Å². The summed E-state index contributed by atoms with van der Waals surface area (Å²) < 4.78 is 5.57. The zero-order valence-electron chi connectivity index (χ0n) is 11.0. The number of nitrogens with one attached hydrogen (secondary N) is 1. The minimum absolute atomic E-state index is 0.0637. The molecule has 0 saturated carbocycles. The molecular formula is C16H19NO2. The van der Waals surface area contributed by atoms with E-state index in [4.69, 9.17) is 4.74 Å². The fraction of sp³-hybridized carbons (Fsp3) is 0.438. The number of amides is 1. The molecule has 1 aromatic carbocycles. The van der Waals surface area contributed by atoms with Gasteiger partial charge in [-0.2, -0.15) is 0 Å². The van der Waals surface area contributed by atoms with Crippen molar-refractivity contribution in [1.82, 2.24) is 0 Å². The molecule has 1 aliphatic carbocycles. The van der Waals surface area contributed by atoms with Crippen LogP contribution in [0.1, 0.15) is 32.1 Å². The predicted molar refractivity (Wildman–Crippen MR) is 75.7 cm³/mol. The molecule has 0 fully saturated rings. The van der Waals surface area contributed by atoms with Crippen molar-refractivity contribution in [3.05, 3.63) is 30.3 Å². The van der Waals surface area contributed by atoms with Crippen LogP contribution in [0.15, 0.2) is 30.3 Å². The highest BCUT2D eigenvalue weighted by molar-refractivity contribution is 5.91. The van der Waals surface area contributed by atoms with Crippen LogP contribution in [0.5, 0.6) is 0 Å². The van der Waals surface area contributed by atoms with Gasteiger partial charge in [0.2, 0.25) is 5.91 Å². The highest BCUT2D eigenvalue weighted by Gasteiger charge is 2.10. The Bertz CT molecular complexity index is 459. The van der Waals surface area contributed by atoms with E-state index in [-0.39, 0.29) is 18.6 Å². The number of rotatable bonds is 4. The summed E-state index contributed by atoms with van der Waals surface area (Å²) in [7, 11) is 0. The van der Waals surface area contributed by atoms with Crippen LogP contribution in [-0.4, -0.2) is 18.6 Å². The van der Waals surface area contributed by atoms with Crippen LogP contribution in [0.4, 0.5) is 5.69 Å². The summed E-state index contributed by atoms with van der Waals surface area (Å²) in [5.74, 6) is 6.06. The molecule has 0 bridgehead atoms. The second kappa shape index (κ2) is 7.60. The van der Waals surface area contributed by atoms with Gasteiger partial charge in [0.15, 0.2) is 0 Å². The van der Waals surface area contributed by atoms with E-state index < -0.39 is 0 Å². The molecule has 0 aromatic heterocycles. The molecule has 1 aliphatic rings. The van der Waals surface area contributed by atoms with Gasteiger partial charge in [0, 0.05) is 12.1 Å². The first-order chi connectivity index (χ1) is 9.34. The zero-order valence-corrected chi connectivity index (χ0v) is 11.0. The van der Waals surface area contributed by atoms with E-state index in [1.54, 1.807) is 0 Å². The average Bonchev–Trinajstić information content (AvgIpc) is 2.38. The Balaban J connectivity index is 1.76. The Labute approximate surface area is 114 Å². The Morgan fingerprint density at radius 2 is 2.11 bits per heavy atom. The summed E-state index contributed by atoms with van der Waals surface area (Å²) in [6, 6.07) is 9.39. The van der Waals surface area contributed by atoms with E-state index in [2.05, 4.69) is 17.2 Å². The molecule has 0 heterocycles. The Kier molecular flexibility index (Phi) is 5.46. The van der Waals surface area contributed by atoms with Crippen LogP contribution >= 0.6 is 0 Å². The fourth-order valence-corrected chi connectivity index (χ4v) is 2.00. The van der Waals surface area contributed by atoms with Gasteiger partial charge >= 0.3 is 0 Å². The molecule has 2 rings (SSSR count). The SMILES string of the molecule is O=C(COC1C#CCCCCC1)Nc1ccccc1. The van der Waals surface area contributed by atoms with Gasteiger partial charge in [-0.15, -0.1) is 5.92 Å². The van der Waals surface area contributed by atoms with Crippen LogP contribution in [0.25, 0.3) is 0 Å². The van der Waals surface area contributed by atoms with E-state index in [0.717, 1.165) is 24.9 Å². The normalized spacial score (nSPS) is 18.6. The third-order valence-electron chi connectivity index (χ3n) is 3.00. The lowest BCUT2D eigenvalue weighted by Crippen LogP contribution is -2.22. The molecule has 0 saturated heterocycles. The number of hydrogen-bond acceptors (Lipinski definition) is 2. The Hall–Kier alpha value is -1.79. The topological polar surface area (TPSA) is 38.3 Å². The first-order valence-corrected chi connectivity index (χ1v) is 6.79. The maximum atomic E-state index is 11.7. The van der Waals surface area contributed by atoms with Crippen molar-refractivity contribution in [1.29, 1.82) is 0 Å². The third kappa shape index (κ3) is 5.15. The van der Waals surface area contributed by atoms with E-state index in [1.807, 2.05) is 30.3 Å². The molecular weight excluding hydrogens is 238 g/mol. The van der Waals surface area contributed by atoms with Gasteiger partial charge in [0.1, 0.15) is 12.7 Å². The van der Waals surface area contributed by atoms with Gasteiger partial charge in [0.05, 0.1) is 0 Å². The van der Waals surface area contributed by atoms with Gasteiger partial charge in [-0.1, -0.05) is 30.5 Å². The molecule has 1 atom stereocenters. The number of carbonyl (C=O) groups excluding carboxylic acids is 1. The smallest absolute Gasteiger partial charge is 0.250 e. The molecule has 0 spiro atoms. The van der Waals surface area contributed by atoms with Crippen molar-refractivity contribution in [2.75, 3.05) is 11.9 Å². The second-order valence-electron chi connectivity index (χ2n) is 4.63. The maximum absolute atomic E-state index is 11.7. The third-order valence-corrected chi connectivity index (χ3v) is 3.00. The highest BCUT2D eigenvalue weighted by Crippen LogP contribution is 2.11. The summed E-state index contributed by atoms with van der Waals surface area (Å²) in [4.78, 5) is 11.7. The van der Waals surface area contributed by atoms with Crippen molar-refractivity contribution in [2.24, 2.45) is 0 Å². The molecule has 19 heavy (non-hydrogen) atoms. The molecule has 3 nitrogen and oxygen atoms in total. The second-order valence-corrected chi connectivity index (χ2v) is 4.63. The zero-order chi connectivity index (χ0) is 13.3. The highest BCUT2D eigenvalue weighted by atomic mass is 16.5. The lowest BCUT2D eigenvalue weighted by Gasteiger charge is -2.13. The van der Waals surface area contributed by atoms with Crippen molar-refractivity contribution in [2.45, 2.75) is 38.2 Å². The summed E-state index contributed by atoms with van der Waals surface area (Å²) in [6.45, 7) is 0.0637. The fourth-order valence-electron chi connectivity index (χ4n) is 2.00. The lowest BCUT2D eigenvalue weighted by atomic mass is 10.1. The molecule has 0 radical (unpaired) electrons. The summed E-state index contributed by atoms with van der Waals surface area (Å²) >= 11 is 0. The largest absolute Gasteiger partial charge is 0.356 e. The quantitative estimate of drug-likeness (QED) is 0.842. The van der Waals surface area contributed by atoms with Crippen molar-refractivity contribution in [3.63, 3.8) is 0 Å². The average molecular weight is 257 g/mol. The number of hydrogen-bond donors (Lipinski definition) is 1. The molecule has 1 unspecified atom stereocenters. The minimum atomic E-state index is -0.130. The van der Waals surface area contributed by atoms with Crippen LogP contribution in [0.2, 0.25) is 0 Å². The monoisotopic (exact) mass is 257 g/mol. The van der Waals surface area contributed by atoms with Crippen LogP contribution < -0.4 is 5.32 Å². The van der Waals surface area contributed by atoms with E-state index in [9.17, 15) is 4.79 Å². The number of anilines is 1. The van der Waals surface area contributed by atoms with Crippen LogP contribution in [0, 0.1) is 11.8 Å². The molecule has 1 aromatic rings. The summed E-state index contributed by atoms with van der Waals surface area (Å²) in [5, 5.41) is 2.80. The van der Waals surface area contributed by atoms with Gasteiger partial charge < -0.3 is 10.1 Å². The van der Waals surface area contributed by atoms with Gasteiger partial charge in [-0.25, -0.2) is 0 Å². The molecule has 1 amide bonds. The summed E-state index contributed by atoms with van der Waals surface area (Å²) in [5.41, 5.74) is 0.792. The van der Waals surface area contributed by atoms with E-state index in [1.165, 1.54) is 12.8 Å². The van der Waals surface area contributed by atoms with Crippen molar-refractivity contribution < 1.29 is 9.53 Å². The number of carbonyl (C=O) groups is 1. The van der Waals surface area contributed by atoms with Gasteiger partial charge in [0.25, 0.3) is 0 Å².